The third kappa shape index (κ3) is 3.01. The molecule has 0 fully saturated rings. The molecule has 0 aromatic heterocycles. The van der Waals surface area contributed by atoms with Crippen LogP contribution in [0.15, 0.2) is 76.0 Å². The lowest BCUT2D eigenvalue weighted by Gasteiger charge is -2.58. The summed E-state index contributed by atoms with van der Waals surface area (Å²) in [5.41, 5.74) is 5.69. The number of Topliss-reactive ketones (excluding diaryl/α,β-unsaturated/α-hetero) is 1. The summed E-state index contributed by atoms with van der Waals surface area (Å²) < 4.78 is 0. The van der Waals surface area contributed by atoms with Gasteiger partial charge in [0.2, 0.25) is 0 Å². The van der Waals surface area contributed by atoms with Gasteiger partial charge in [0.1, 0.15) is 6.61 Å². The van der Waals surface area contributed by atoms with Crippen LogP contribution in [-0.4, -0.2) is 45.9 Å². The molecule has 0 saturated heterocycles. The fourth-order valence-corrected chi connectivity index (χ4v) is 7.62. The van der Waals surface area contributed by atoms with Gasteiger partial charge in [-0.25, -0.2) is 0 Å². The van der Waals surface area contributed by atoms with Crippen LogP contribution in [0.1, 0.15) is 51.5 Å². The van der Waals surface area contributed by atoms with Crippen LogP contribution in [0.4, 0.5) is 0 Å². The predicted octanol–water partition coefficient (Wildman–Crippen LogP) is 4.03. The van der Waals surface area contributed by atoms with Crippen LogP contribution < -0.4 is 0 Å². The third-order valence-electron chi connectivity index (χ3n) is 9.39. The molecule has 5 heteroatoms. The first-order valence-corrected chi connectivity index (χ1v) is 12.8. The fraction of sp³-hybridized carbons (Fsp3) is 0.467. The Kier molecular flexibility index (Phi) is 5.10. The molecule has 2 N–H and O–H groups in total. The Labute approximate surface area is 206 Å². The lowest BCUT2D eigenvalue weighted by atomic mass is 9.46. The van der Waals surface area contributed by atoms with Gasteiger partial charge in [0.25, 0.3) is 0 Å². The van der Waals surface area contributed by atoms with Gasteiger partial charge in [0, 0.05) is 35.7 Å². The number of allylic oxidation sites excluding steroid dienone is 5. The molecule has 182 valence electrons. The van der Waals surface area contributed by atoms with Crippen molar-refractivity contribution in [2.24, 2.45) is 16.7 Å². The molecular weight excluding hydrogens is 438 g/mol. The van der Waals surface area contributed by atoms with Gasteiger partial charge < -0.3 is 15.1 Å². The van der Waals surface area contributed by atoms with Crippen molar-refractivity contribution >= 4 is 11.6 Å². The molecular formula is C30H33NO4. The van der Waals surface area contributed by atoms with Crippen molar-refractivity contribution in [2.45, 2.75) is 58.6 Å². The highest BCUT2D eigenvalue weighted by Crippen LogP contribution is 2.65. The van der Waals surface area contributed by atoms with Crippen LogP contribution in [0.5, 0.6) is 0 Å². The van der Waals surface area contributed by atoms with E-state index in [2.05, 4.69) is 17.0 Å². The molecule has 5 nitrogen and oxygen atoms in total. The Bertz CT molecular complexity index is 1250. The van der Waals surface area contributed by atoms with Crippen LogP contribution in [-0.2, 0) is 16.1 Å². The van der Waals surface area contributed by atoms with Crippen LogP contribution in [0, 0.1) is 16.7 Å². The normalized spacial score (nSPS) is 33.7. The highest BCUT2D eigenvalue weighted by Gasteiger charge is 2.65. The maximum atomic E-state index is 13.9. The maximum absolute atomic E-state index is 13.9. The van der Waals surface area contributed by atoms with Gasteiger partial charge in [-0.15, -0.1) is 0 Å². The largest absolute Gasteiger partial charge is 0.392 e. The lowest BCUT2D eigenvalue weighted by molar-refractivity contribution is -0.140. The van der Waals surface area contributed by atoms with Gasteiger partial charge in [-0.05, 0) is 60.5 Å². The smallest absolute Gasteiger partial charge is 0.182 e. The SMILES string of the molecule is C[C@H]1C=C2C(=O)C=C3C4=C(C5=C(CCC5)C4)N(Cc4ccccc4)C[C@]3(C(=O)CO)[C@@]2(C)C[C@@H]1O. The van der Waals surface area contributed by atoms with Gasteiger partial charge >= 0.3 is 0 Å². The first kappa shape index (κ1) is 22.7. The molecule has 5 aliphatic rings. The molecule has 0 unspecified atom stereocenters. The van der Waals surface area contributed by atoms with E-state index >= 15 is 0 Å². The highest BCUT2D eigenvalue weighted by molar-refractivity contribution is 6.11. The van der Waals surface area contributed by atoms with Crippen LogP contribution in [0.3, 0.4) is 0 Å². The van der Waals surface area contributed by atoms with Crippen LogP contribution in [0.25, 0.3) is 0 Å². The zero-order valence-electron chi connectivity index (χ0n) is 20.5. The number of hydrogen-bond donors (Lipinski definition) is 2. The average Bonchev–Trinajstić information content (AvgIpc) is 3.44. The lowest BCUT2D eigenvalue weighted by Crippen LogP contribution is -2.62. The van der Waals surface area contributed by atoms with Gasteiger partial charge in [-0.2, -0.15) is 0 Å². The van der Waals surface area contributed by atoms with Gasteiger partial charge in [-0.1, -0.05) is 55.8 Å². The van der Waals surface area contributed by atoms with Crippen molar-refractivity contribution in [2.75, 3.05) is 13.2 Å². The molecule has 0 amide bonds. The fourth-order valence-electron chi connectivity index (χ4n) is 7.62. The second-order valence-electron chi connectivity index (χ2n) is 11.2. The maximum Gasteiger partial charge on any atom is 0.182 e. The Balaban J connectivity index is 1.60. The molecule has 1 aliphatic heterocycles. The summed E-state index contributed by atoms with van der Waals surface area (Å²) in [4.78, 5) is 29.8. The van der Waals surface area contributed by atoms with Crippen molar-refractivity contribution in [3.63, 3.8) is 0 Å². The molecule has 0 saturated carbocycles. The zero-order chi connectivity index (χ0) is 24.5. The summed E-state index contributed by atoms with van der Waals surface area (Å²) in [6, 6.07) is 10.3. The second kappa shape index (κ2) is 7.87. The third-order valence-corrected chi connectivity index (χ3v) is 9.39. The Morgan fingerprint density at radius 1 is 1.14 bits per heavy atom. The van der Waals surface area contributed by atoms with E-state index in [-0.39, 0.29) is 17.5 Å². The Morgan fingerprint density at radius 3 is 2.66 bits per heavy atom. The zero-order valence-corrected chi connectivity index (χ0v) is 20.5. The number of nitrogens with zero attached hydrogens (tertiary/aromatic N) is 1. The standard InChI is InChI=1S/C30H33NO4/c1-18-11-24-25(33)13-23-22-12-20-9-6-10-21(20)28(22)31(15-19-7-4-3-5-8-19)17-30(23,27(35)16-32)29(24,2)14-26(18)34/h3-5,7-8,11,13,18,26,32,34H,6,9-10,12,14-17H2,1-2H3/t18-,26-,29-,30-/m0/s1. The number of benzene rings is 1. The summed E-state index contributed by atoms with van der Waals surface area (Å²) in [7, 11) is 0. The van der Waals surface area contributed by atoms with Gasteiger partial charge in [0.05, 0.1) is 11.5 Å². The van der Waals surface area contributed by atoms with Crippen molar-refractivity contribution in [1.82, 2.24) is 4.90 Å². The summed E-state index contributed by atoms with van der Waals surface area (Å²) >= 11 is 0. The molecule has 0 spiro atoms. The van der Waals surface area contributed by atoms with E-state index in [4.69, 9.17) is 0 Å². The topological polar surface area (TPSA) is 77.8 Å². The Hall–Kier alpha value is -2.76. The quantitative estimate of drug-likeness (QED) is 0.693. The van der Waals surface area contributed by atoms with E-state index in [1.807, 2.05) is 38.1 Å². The molecule has 0 radical (unpaired) electrons. The number of hydrogen-bond acceptors (Lipinski definition) is 5. The minimum Gasteiger partial charge on any atom is -0.392 e. The van der Waals surface area contributed by atoms with E-state index in [0.717, 1.165) is 42.4 Å². The average molecular weight is 472 g/mol. The second-order valence-corrected chi connectivity index (χ2v) is 11.2. The molecule has 4 atom stereocenters. The van der Waals surface area contributed by atoms with Crippen molar-refractivity contribution in [3.8, 4) is 0 Å². The molecule has 6 rings (SSSR count). The first-order valence-electron chi connectivity index (χ1n) is 12.8. The number of ketones is 2. The Morgan fingerprint density at radius 2 is 1.91 bits per heavy atom. The molecule has 1 aromatic rings. The number of carbonyl (C=O) groups excluding carboxylic acids is 2. The molecule has 35 heavy (non-hydrogen) atoms. The van der Waals surface area contributed by atoms with Crippen molar-refractivity contribution in [3.05, 3.63) is 81.6 Å². The van der Waals surface area contributed by atoms with E-state index in [1.165, 1.54) is 16.8 Å². The van der Waals surface area contributed by atoms with Crippen molar-refractivity contribution < 1.29 is 19.8 Å². The molecule has 1 aromatic carbocycles. The molecule has 0 bridgehead atoms. The van der Waals surface area contributed by atoms with E-state index in [1.54, 1.807) is 6.08 Å². The minimum absolute atomic E-state index is 0.0574. The number of carbonyl (C=O) groups is 2. The van der Waals surface area contributed by atoms with E-state index in [0.29, 0.717) is 25.1 Å². The van der Waals surface area contributed by atoms with Crippen LogP contribution in [0.2, 0.25) is 0 Å². The number of aliphatic hydroxyl groups is 2. The first-order chi connectivity index (χ1) is 16.8. The highest BCUT2D eigenvalue weighted by atomic mass is 16.3. The minimum atomic E-state index is -1.09. The summed E-state index contributed by atoms with van der Waals surface area (Å²) in [5, 5.41) is 21.3. The number of fused-ring (bicyclic) bond motifs is 5. The summed E-state index contributed by atoms with van der Waals surface area (Å²) in [5.74, 6) is -0.477. The van der Waals surface area contributed by atoms with E-state index < -0.39 is 23.5 Å². The molecule has 1 heterocycles. The molecule has 4 aliphatic carbocycles. The van der Waals surface area contributed by atoms with Gasteiger partial charge in [0.15, 0.2) is 11.6 Å². The summed E-state index contributed by atoms with van der Waals surface area (Å²) in [6.45, 7) is 4.35. The van der Waals surface area contributed by atoms with Crippen LogP contribution >= 0.6 is 0 Å². The number of rotatable bonds is 4. The van der Waals surface area contributed by atoms with E-state index in [9.17, 15) is 19.8 Å². The summed E-state index contributed by atoms with van der Waals surface area (Å²) in [6.07, 6.45) is 7.24. The predicted molar refractivity (Wildman–Crippen MR) is 133 cm³/mol. The monoisotopic (exact) mass is 471 g/mol. The number of aliphatic hydroxyl groups excluding tert-OH is 2. The van der Waals surface area contributed by atoms with Crippen molar-refractivity contribution in [1.29, 1.82) is 0 Å². The van der Waals surface area contributed by atoms with Gasteiger partial charge in [-0.3, -0.25) is 9.59 Å².